The maximum Gasteiger partial charge on any atom is 0.337 e. The molecule has 1 amide bonds. The third kappa shape index (κ3) is 4.64. The van der Waals surface area contributed by atoms with Crippen LogP contribution in [0, 0.1) is 10.1 Å². The Morgan fingerprint density at radius 1 is 1.21 bits per heavy atom. The summed E-state index contributed by atoms with van der Waals surface area (Å²) in [6.45, 7) is 2.28. The summed E-state index contributed by atoms with van der Waals surface area (Å²) in [5.41, 5.74) is 1.01. The molecule has 10 heteroatoms. The van der Waals surface area contributed by atoms with Crippen molar-refractivity contribution in [2.75, 3.05) is 43.6 Å². The number of nitro benzene ring substituents is 1. The molecular weight excluding hydrogens is 402 g/mol. The minimum absolute atomic E-state index is 0.0442. The predicted octanol–water partition coefficient (Wildman–Crippen LogP) is 3.12. The minimum Gasteiger partial charge on any atom is -0.465 e. The van der Waals surface area contributed by atoms with E-state index in [1.165, 1.54) is 25.3 Å². The molecule has 1 N–H and O–H groups in total. The Kier molecular flexibility index (Phi) is 6.30. The number of hydrogen-bond donors (Lipinski definition) is 1. The molecule has 1 aliphatic heterocycles. The van der Waals surface area contributed by atoms with Crippen LogP contribution in [0.1, 0.15) is 20.7 Å². The molecule has 0 spiro atoms. The highest BCUT2D eigenvalue weighted by molar-refractivity contribution is 6.34. The molecule has 1 heterocycles. The molecule has 0 aromatic heterocycles. The Bertz CT molecular complexity index is 959. The summed E-state index contributed by atoms with van der Waals surface area (Å²) in [4.78, 5) is 37.2. The number of anilines is 2. The van der Waals surface area contributed by atoms with Gasteiger partial charge in [-0.1, -0.05) is 11.6 Å². The Morgan fingerprint density at radius 3 is 2.59 bits per heavy atom. The third-order valence-corrected chi connectivity index (χ3v) is 4.75. The van der Waals surface area contributed by atoms with Gasteiger partial charge in [-0.05, 0) is 24.3 Å². The molecule has 1 aliphatic rings. The van der Waals surface area contributed by atoms with Crippen molar-refractivity contribution >= 4 is 40.5 Å². The Hall–Kier alpha value is -3.17. The first-order valence-corrected chi connectivity index (χ1v) is 9.09. The molecule has 152 valence electrons. The number of esters is 1. The second kappa shape index (κ2) is 8.89. The van der Waals surface area contributed by atoms with Crippen LogP contribution >= 0.6 is 11.6 Å². The first kappa shape index (κ1) is 20.6. The number of methoxy groups -OCH3 is 1. The van der Waals surface area contributed by atoms with E-state index in [-0.39, 0.29) is 21.8 Å². The van der Waals surface area contributed by atoms with Crippen LogP contribution in [0.25, 0.3) is 0 Å². The molecule has 0 unspecified atom stereocenters. The number of morpholine rings is 1. The van der Waals surface area contributed by atoms with Gasteiger partial charge >= 0.3 is 5.97 Å². The molecule has 0 atom stereocenters. The van der Waals surface area contributed by atoms with Crippen LogP contribution in [-0.2, 0) is 9.47 Å². The highest BCUT2D eigenvalue weighted by atomic mass is 35.5. The number of nitrogens with one attached hydrogen (secondary N) is 1. The Balaban J connectivity index is 1.97. The Labute approximate surface area is 171 Å². The monoisotopic (exact) mass is 419 g/mol. The van der Waals surface area contributed by atoms with E-state index >= 15 is 0 Å². The molecule has 1 fully saturated rings. The lowest BCUT2D eigenvalue weighted by molar-refractivity contribution is -0.384. The quantitative estimate of drug-likeness (QED) is 0.450. The van der Waals surface area contributed by atoms with E-state index in [4.69, 9.17) is 21.1 Å². The first-order chi connectivity index (χ1) is 13.9. The van der Waals surface area contributed by atoms with Gasteiger partial charge in [-0.3, -0.25) is 14.9 Å². The van der Waals surface area contributed by atoms with Gasteiger partial charge in [0.15, 0.2) is 0 Å². The summed E-state index contributed by atoms with van der Waals surface area (Å²) in [7, 11) is 1.26. The van der Waals surface area contributed by atoms with Crippen LogP contribution in [0.15, 0.2) is 36.4 Å². The fraction of sp³-hybridized carbons (Fsp3) is 0.263. The molecule has 2 aromatic rings. The summed E-state index contributed by atoms with van der Waals surface area (Å²) in [6, 6.07) is 8.43. The van der Waals surface area contributed by atoms with E-state index in [1.807, 2.05) is 4.90 Å². The zero-order valence-corrected chi connectivity index (χ0v) is 16.3. The average Bonchev–Trinajstić information content (AvgIpc) is 2.73. The molecule has 29 heavy (non-hydrogen) atoms. The molecule has 9 nitrogen and oxygen atoms in total. The zero-order chi connectivity index (χ0) is 21.0. The van der Waals surface area contributed by atoms with Gasteiger partial charge in [0.25, 0.3) is 11.6 Å². The van der Waals surface area contributed by atoms with Crippen molar-refractivity contribution in [3.63, 3.8) is 0 Å². The molecule has 0 bridgehead atoms. The number of amides is 1. The fourth-order valence-corrected chi connectivity index (χ4v) is 3.15. The first-order valence-electron chi connectivity index (χ1n) is 8.71. The van der Waals surface area contributed by atoms with Gasteiger partial charge in [0.05, 0.1) is 52.8 Å². The summed E-state index contributed by atoms with van der Waals surface area (Å²) in [6.07, 6.45) is 0. The zero-order valence-electron chi connectivity index (χ0n) is 15.5. The van der Waals surface area contributed by atoms with Crippen molar-refractivity contribution in [1.29, 1.82) is 0 Å². The normalized spacial score (nSPS) is 13.7. The minimum atomic E-state index is -0.629. The largest absolute Gasteiger partial charge is 0.465 e. The van der Waals surface area contributed by atoms with Crippen LogP contribution in [0.2, 0.25) is 5.02 Å². The van der Waals surface area contributed by atoms with Gasteiger partial charge in [-0.25, -0.2) is 4.79 Å². The lowest BCUT2D eigenvalue weighted by Gasteiger charge is -2.30. The SMILES string of the molecule is COC(=O)c1ccc(N2CCOCC2)c(NC(=O)c2cc([N+](=O)[O-])ccc2Cl)c1. The number of benzene rings is 2. The summed E-state index contributed by atoms with van der Waals surface area (Å²) < 4.78 is 10.1. The van der Waals surface area contributed by atoms with E-state index in [2.05, 4.69) is 5.32 Å². The van der Waals surface area contributed by atoms with Gasteiger partial charge in [0, 0.05) is 25.2 Å². The van der Waals surface area contributed by atoms with Crippen LogP contribution < -0.4 is 10.2 Å². The molecule has 2 aromatic carbocycles. The van der Waals surface area contributed by atoms with E-state index in [1.54, 1.807) is 12.1 Å². The van der Waals surface area contributed by atoms with Crippen molar-refractivity contribution in [3.05, 3.63) is 62.7 Å². The average molecular weight is 420 g/mol. The van der Waals surface area contributed by atoms with Crippen molar-refractivity contribution in [1.82, 2.24) is 0 Å². The van der Waals surface area contributed by atoms with Gasteiger partial charge in [-0.15, -0.1) is 0 Å². The molecule has 0 aliphatic carbocycles. The number of carbonyl (C=O) groups excluding carboxylic acids is 2. The highest BCUT2D eigenvalue weighted by Gasteiger charge is 2.21. The van der Waals surface area contributed by atoms with Crippen LogP contribution in [0.5, 0.6) is 0 Å². The lowest BCUT2D eigenvalue weighted by atomic mass is 10.1. The predicted molar refractivity (Wildman–Crippen MR) is 107 cm³/mol. The Morgan fingerprint density at radius 2 is 1.93 bits per heavy atom. The number of rotatable bonds is 5. The number of halogens is 1. The summed E-state index contributed by atoms with van der Waals surface area (Å²) in [5, 5.41) is 13.8. The lowest BCUT2D eigenvalue weighted by Crippen LogP contribution is -2.36. The van der Waals surface area contributed by atoms with Crippen molar-refractivity contribution in [2.24, 2.45) is 0 Å². The number of nitrogens with zero attached hydrogens (tertiary/aromatic N) is 2. The van der Waals surface area contributed by atoms with Crippen LogP contribution in [0.3, 0.4) is 0 Å². The van der Waals surface area contributed by atoms with Gasteiger partial charge in [0.1, 0.15) is 0 Å². The van der Waals surface area contributed by atoms with Crippen LogP contribution in [-0.4, -0.2) is 50.2 Å². The molecule has 0 radical (unpaired) electrons. The summed E-state index contributed by atoms with van der Waals surface area (Å²) in [5.74, 6) is -1.18. The fourth-order valence-electron chi connectivity index (χ4n) is 2.95. The number of ether oxygens (including phenoxy) is 2. The maximum atomic E-state index is 12.8. The van der Waals surface area contributed by atoms with Gasteiger partial charge in [-0.2, -0.15) is 0 Å². The van der Waals surface area contributed by atoms with E-state index in [9.17, 15) is 19.7 Å². The van der Waals surface area contributed by atoms with Gasteiger partial charge in [0.2, 0.25) is 0 Å². The number of hydrogen-bond acceptors (Lipinski definition) is 7. The number of non-ortho nitro benzene ring substituents is 1. The topological polar surface area (TPSA) is 111 Å². The highest BCUT2D eigenvalue weighted by Crippen LogP contribution is 2.30. The molecule has 0 saturated carbocycles. The van der Waals surface area contributed by atoms with E-state index in [0.29, 0.717) is 37.7 Å². The van der Waals surface area contributed by atoms with E-state index < -0.39 is 16.8 Å². The van der Waals surface area contributed by atoms with Crippen molar-refractivity contribution in [3.8, 4) is 0 Å². The van der Waals surface area contributed by atoms with Crippen LogP contribution in [0.4, 0.5) is 17.1 Å². The second-order valence-electron chi connectivity index (χ2n) is 6.20. The maximum absolute atomic E-state index is 12.8. The second-order valence-corrected chi connectivity index (χ2v) is 6.61. The third-order valence-electron chi connectivity index (χ3n) is 4.42. The van der Waals surface area contributed by atoms with Gasteiger partial charge < -0.3 is 19.7 Å². The number of carbonyl (C=O) groups is 2. The smallest absolute Gasteiger partial charge is 0.337 e. The number of nitro groups is 1. The van der Waals surface area contributed by atoms with Crippen molar-refractivity contribution in [2.45, 2.75) is 0 Å². The molecule has 3 rings (SSSR count). The molecular formula is C19H18ClN3O6. The van der Waals surface area contributed by atoms with E-state index in [0.717, 1.165) is 6.07 Å². The van der Waals surface area contributed by atoms with Crippen molar-refractivity contribution < 1.29 is 24.0 Å². The standard InChI is InChI=1S/C19H18ClN3O6/c1-28-19(25)12-2-5-17(22-6-8-29-9-7-22)16(10-12)21-18(24)14-11-13(23(26)27)3-4-15(14)20/h2-5,10-11H,6-9H2,1H3,(H,21,24). The summed E-state index contributed by atoms with van der Waals surface area (Å²) >= 11 is 6.07. The molecule has 1 saturated heterocycles.